The molecule has 2 aromatic rings. The third-order valence-electron chi connectivity index (χ3n) is 2.83. The van der Waals surface area contributed by atoms with E-state index >= 15 is 0 Å². The number of aromatic nitrogens is 1. The van der Waals surface area contributed by atoms with Gasteiger partial charge in [0.05, 0.1) is 6.20 Å². The summed E-state index contributed by atoms with van der Waals surface area (Å²) in [6.07, 6.45) is 3.70. The SMILES string of the molecule is CNCCCc1ncc(-c2cccc(C)c2Br)o1. The van der Waals surface area contributed by atoms with Crippen molar-refractivity contribution in [2.45, 2.75) is 19.8 Å². The first-order chi connectivity index (χ1) is 8.72. The highest BCUT2D eigenvalue weighted by Gasteiger charge is 2.10. The fraction of sp³-hybridized carbons (Fsp3) is 0.357. The Bertz CT molecular complexity index is 522. The second kappa shape index (κ2) is 6.16. The lowest BCUT2D eigenvalue weighted by molar-refractivity contribution is 0.495. The molecular weight excluding hydrogens is 292 g/mol. The average Bonchev–Trinajstić information content (AvgIpc) is 2.82. The Labute approximate surface area is 116 Å². The second-order valence-electron chi connectivity index (χ2n) is 4.26. The van der Waals surface area contributed by atoms with E-state index in [0.29, 0.717) is 0 Å². The minimum Gasteiger partial charge on any atom is -0.441 e. The number of aryl methyl sites for hydroxylation is 2. The van der Waals surface area contributed by atoms with Crippen molar-refractivity contribution in [2.75, 3.05) is 13.6 Å². The Balaban J connectivity index is 2.16. The largest absolute Gasteiger partial charge is 0.441 e. The molecule has 1 N–H and O–H groups in total. The van der Waals surface area contributed by atoms with Gasteiger partial charge < -0.3 is 9.73 Å². The molecule has 3 nitrogen and oxygen atoms in total. The molecule has 1 heterocycles. The zero-order chi connectivity index (χ0) is 13.0. The van der Waals surface area contributed by atoms with Crippen LogP contribution in [-0.2, 0) is 6.42 Å². The van der Waals surface area contributed by atoms with Crippen LogP contribution >= 0.6 is 15.9 Å². The van der Waals surface area contributed by atoms with Gasteiger partial charge in [-0.3, -0.25) is 0 Å². The van der Waals surface area contributed by atoms with Crippen molar-refractivity contribution in [3.8, 4) is 11.3 Å². The molecule has 4 heteroatoms. The maximum absolute atomic E-state index is 5.78. The Morgan fingerprint density at radius 2 is 2.22 bits per heavy atom. The van der Waals surface area contributed by atoms with Crippen LogP contribution in [0.3, 0.4) is 0 Å². The molecule has 0 bridgehead atoms. The molecule has 0 atom stereocenters. The van der Waals surface area contributed by atoms with Crippen molar-refractivity contribution >= 4 is 15.9 Å². The summed E-state index contributed by atoms with van der Waals surface area (Å²) in [7, 11) is 1.95. The van der Waals surface area contributed by atoms with Crippen molar-refractivity contribution in [3.05, 3.63) is 40.3 Å². The quantitative estimate of drug-likeness (QED) is 0.858. The van der Waals surface area contributed by atoms with Crippen LogP contribution in [0.4, 0.5) is 0 Å². The van der Waals surface area contributed by atoms with Crippen molar-refractivity contribution in [3.63, 3.8) is 0 Å². The molecule has 0 aliphatic heterocycles. The molecule has 0 spiro atoms. The summed E-state index contributed by atoms with van der Waals surface area (Å²) >= 11 is 3.59. The van der Waals surface area contributed by atoms with Crippen LogP contribution in [0.25, 0.3) is 11.3 Å². The lowest BCUT2D eigenvalue weighted by Crippen LogP contribution is -2.08. The Morgan fingerprint density at radius 3 is 3.00 bits per heavy atom. The lowest BCUT2D eigenvalue weighted by Gasteiger charge is -2.03. The fourth-order valence-corrected chi connectivity index (χ4v) is 2.26. The molecule has 96 valence electrons. The molecule has 2 rings (SSSR count). The Hall–Kier alpha value is -1.13. The van der Waals surface area contributed by atoms with Crippen molar-refractivity contribution in [2.24, 2.45) is 0 Å². The van der Waals surface area contributed by atoms with E-state index in [-0.39, 0.29) is 0 Å². The predicted molar refractivity (Wildman–Crippen MR) is 76.6 cm³/mol. The highest BCUT2D eigenvalue weighted by molar-refractivity contribution is 9.10. The summed E-state index contributed by atoms with van der Waals surface area (Å²) < 4.78 is 6.86. The summed E-state index contributed by atoms with van der Waals surface area (Å²) in [6, 6.07) is 6.13. The van der Waals surface area contributed by atoms with Gasteiger partial charge in [-0.2, -0.15) is 0 Å². The van der Waals surface area contributed by atoms with Gasteiger partial charge in [-0.1, -0.05) is 18.2 Å². The molecule has 0 radical (unpaired) electrons. The van der Waals surface area contributed by atoms with Gasteiger partial charge >= 0.3 is 0 Å². The van der Waals surface area contributed by atoms with Crippen LogP contribution in [0.5, 0.6) is 0 Å². The first-order valence-electron chi connectivity index (χ1n) is 6.07. The van der Waals surface area contributed by atoms with Crippen LogP contribution in [0, 0.1) is 6.92 Å². The van der Waals surface area contributed by atoms with Gasteiger partial charge in [0.15, 0.2) is 11.7 Å². The molecule has 0 aliphatic carbocycles. The molecule has 18 heavy (non-hydrogen) atoms. The number of oxazole rings is 1. The topological polar surface area (TPSA) is 38.1 Å². The summed E-state index contributed by atoms with van der Waals surface area (Å²) in [5.41, 5.74) is 2.25. The van der Waals surface area contributed by atoms with Gasteiger partial charge in [-0.05, 0) is 48.4 Å². The van der Waals surface area contributed by atoms with E-state index in [1.807, 2.05) is 19.2 Å². The summed E-state index contributed by atoms with van der Waals surface area (Å²) in [5, 5.41) is 3.12. The predicted octanol–water partition coefficient (Wildman–Crippen LogP) is 3.56. The van der Waals surface area contributed by atoms with Gasteiger partial charge in [0, 0.05) is 16.5 Å². The molecular formula is C14H17BrN2O. The molecule has 0 fully saturated rings. The number of hydrogen-bond donors (Lipinski definition) is 1. The average molecular weight is 309 g/mol. The van der Waals surface area contributed by atoms with E-state index in [4.69, 9.17) is 4.42 Å². The second-order valence-corrected chi connectivity index (χ2v) is 5.05. The van der Waals surface area contributed by atoms with E-state index in [1.54, 1.807) is 6.20 Å². The Morgan fingerprint density at radius 1 is 1.39 bits per heavy atom. The minimum atomic E-state index is 0.800. The van der Waals surface area contributed by atoms with E-state index in [0.717, 1.165) is 41.1 Å². The van der Waals surface area contributed by atoms with Crippen LogP contribution in [0.1, 0.15) is 17.9 Å². The molecule has 0 aliphatic rings. The first kappa shape index (κ1) is 13.3. The van der Waals surface area contributed by atoms with Crippen molar-refractivity contribution < 1.29 is 4.42 Å². The van der Waals surface area contributed by atoms with Crippen molar-refractivity contribution in [1.29, 1.82) is 0 Å². The molecule has 1 aromatic heterocycles. The maximum Gasteiger partial charge on any atom is 0.194 e. The zero-order valence-corrected chi connectivity index (χ0v) is 12.3. The number of rotatable bonds is 5. The molecule has 1 aromatic carbocycles. The number of hydrogen-bond acceptors (Lipinski definition) is 3. The van der Waals surface area contributed by atoms with Crippen LogP contribution in [0.2, 0.25) is 0 Å². The van der Waals surface area contributed by atoms with Crippen LogP contribution in [-0.4, -0.2) is 18.6 Å². The lowest BCUT2D eigenvalue weighted by atomic mass is 10.1. The minimum absolute atomic E-state index is 0.800. The highest BCUT2D eigenvalue weighted by atomic mass is 79.9. The monoisotopic (exact) mass is 308 g/mol. The number of halogens is 1. The third kappa shape index (κ3) is 3.00. The van der Waals surface area contributed by atoms with Crippen LogP contribution in [0.15, 0.2) is 33.3 Å². The normalized spacial score (nSPS) is 10.8. The Kier molecular flexibility index (Phi) is 4.55. The highest BCUT2D eigenvalue weighted by Crippen LogP contribution is 2.31. The maximum atomic E-state index is 5.78. The molecule has 0 saturated carbocycles. The van der Waals surface area contributed by atoms with Crippen LogP contribution < -0.4 is 5.32 Å². The van der Waals surface area contributed by atoms with Gasteiger partial charge in [-0.25, -0.2) is 4.98 Å². The zero-order valence-electron chi connectivity index (χ0n) is 10.7. The van der Waals surface area contributed by atoms with Gasteiger partial charge in [-0.15, -0.1) is 0 Å². The third-order valence-corrected chi connectivity index (χ3v) is 3.88. The molecule has 0 amide bonds. The fourth-order valence-electron chi connectivity index (χ4n) is 1.80. The number of nitrogens with one attached hydrogen (secondary N) is 1. The molecule has 0 saturated heterocycles. The van der Waals surface area contributed by atoms with Gasteiger partial charge in [0.1, 0.15) is 0 Å². The van der Waals surface area contributed by atoms with E-state index in [9.17, 15) is 0 Å². The van der Waals surface area contributed by atoms with Crippen molar-refractivity contribution in [1.82, 2.24) is 10.3 Å². The summed E-state index contributed by atoms with van der Waals surface area (Å²) in [4.78, 5) is 4.32. The van der Waals surface area contributed by atoms with Gasteiger partial charge in [0.2, 0.25) is 0 Å². The first-order valence-corrected chi connectivity index (χ1v) is 6.86. The van der Waals surface area contributed by atoms with E-state index < -0.39 is 0 Å². The summed E-state index contributed by atoms with van der Waals surface area (Å²) in [5.74, 6) is 1.62. The number of nitrogens with zero attached hydrogens (tertiary/aromatic N) is 1. The standard InChI is InChI=1S/C14H17BrN2O/c1-10-5-3-6-11(14(10)15)12-9-17-13(18-12)7-4-8-16-2/h3,5-6,9,16H,4,7-8H2,1-2H3. The molecule has 0 unspecified atom stereocenters. The van der Waals surface area contributed by atoms with E-state index in [1.165, 1.54) is 5.56 Å². The number of benzene rings is 1. The van der Waals surface area contributed by atoms with Gasteiger partial charge in [0.25, 0.3) is 0 Å². The smallest absolute Gasteiger partial charge is 0.194 e. The van der Waals surface area contributed by atoms with E-state index in [2.05, 4.69) is 39.2 Å². The summed E-state index contributed by atoms with van der Waals surface area (Å²) in [6.45, 7) is 3.05.